The fourth-order valence-corrected chi connectivity index (χ4v) is 3.28. The second-order valence-corrected chi connectivity index (χ2v) is 6.25. The lowest BCUT2D eigenvalue weighted by Crippen LogP contribution is -2.34. The summed E-state index contributed by atoms with van der Waals surface area (Å²) in [5.41, 5.74) is 2.35. The Bertz CT molecular complexity index is 631. The van der Waals surface area contributed by atoms with Crippen LogP contribution in [0.15, 0.2) is 24.4 Å². The topological polar surface area (TPSA) is 50.4 Å². The van der Waals surface area contributed by atoms with Crippen molar-refractivity contribution in [1.82, 2.24) is 14.9 Å². The summed E-state index contributed by atoms with van der Waals surface area (Å²) in [5, 5.41) is 0. The van der Waals surface area contributed by atoms with Gasteiger partial charge in [-0.15, -0.1) is 0 Å². The number of rotatable bonds is 5. The van der Waals surface area contributed by atoms with E-state index in [4.69, 9.17) is 9.47 Å². The van der Waals surface area contributed by atoms with Gasteiger partial charge in [0, 0.05) is 37.0 Å². The monoisotopic (exact) mass is 315 g/mol. The zero-order chi connectivity index (χ0) is 16.2. The summed E-state index contributed by atoms with van der Waals surface area (Å²) < 4.78 is 10.7. The maximum atomic E-state index is 5.37. The minimum Gasteiger partial charge on any atom is -0.497 e. The number of benzene rings is 1. The molecule has 0 bridgehead atoms. The highest BCUT2D eigenvalue weighted by atomic mass is 16.5. The van der Waals surface area contributed by atoms with Gasteiger partial charge in [0.05, 0.1) is 14.2 Å². The van der Waals surface area contributed by atoms with E-state index in [-0.39, 0.29) is 0 Å². The summed E-state index contributed by atoms with van der Waals surface area (Å²) in [6.07, 6.45) is 4.32. The Morgan fingerprint density at radius 2 is 1.96 bits per heavy atom. The predicted molar refractivity (Wildman–Crippen MR) is 90.1 cm³/mol. The number of hydrogen-bond acceptors (Lipinski definition) is 4. The molecule has 0 unspecified atom stereocenters. The Morgan fingerprint density at radius 1 is 1.22 bits per heavy atom. The predicted octanol–water partition coefficient (Wildman–Crippen LogP) is 3.11. The number of aryl methyl sites for hydroxylation is 1. The van der Waals surface area contributed by atoms with Gasteiger partial charge in [-0.05, 0) is 44.0 Å². The Morgan fingerprint density at radius 3 is 2.57 bits per heavy atom. The number of nitrogens with zero attached hydrogens (tertiary/aromatic N) is 2. The van der Waals surface area contributed by atoms with Gasteiger partial charge in [-0.2, -0.15) is 0 Å². The van der Waals surface area contributed by atoms with E-state index in [1.54, 1.807) is 14.2 Å². The quantitative estimate of drug-likeness (QED) is 0.921. The van der Waals surface area contributed by atoms with Crippen molar-refractivity contribution in [2.45, 2.75) is 32.2 Å². The molecule has 0 amide bonds. The SMILES string of the molecule is COc1cc(CN2CCC[C@H](c3ncc(C)[nH]3)C2)cc(OC)c1. The highest BCUT2D eigenvalue weighted by Gasteiger charge is 2.23. The molecular weight excluding hydrogens is 290 g/mol. The summed E-state index contributed by atoms with van der Waals surface area (Å²) in [4.78, 5) is 10.4. The molecule has 5 nitrogen and oxygen atoms in total. The molecule has 0 spiro atoms. The van der Waals surface area contributed by atoms with Gasteiger partial charge in [-0.3, -0.25) is 4.90 Å². The zero-order valence-electron chi connectivity index (χ0n) is 14.1. The fraction of sp³-hybridized carbons (Fsp3) is 0.500. The zero-order valence-corrected chi connectivity index (χ0v) is 14.1. The highest BCUT2D eigenvalue weighted by molar-refractivity contribution is 5.38. The molecule has 5 heteroatoms. The third-order valence-electron chi connectivity index (χ3n) is 4.43. The van der Waals surface area contributed by atoms with E-state index < -0.39 is 0 Å². The van der Waals surface area contributed by atoms with Crippen LogP contribution in [0.2, 0.25) is 0 Å². The maximum Gasteiger partial charge on any atom is 0.122 e. The number of imidazole rings is 1. The second-order valence-electron chi connectivity index (χ2n) is 6.25. The number of H-pyrrole nitrogens is 1. The maximum absolute atomic E-state index is 5.37. The Hall–Kier alpha value is -2.01. The van der Waals surface area contributed by atoms with Crippen LogP contribution in [0.25, 0.3) is 0 Å². The largest absolute Gasteiger partial charge is 0.497 e. The number of aromatic amines is 1. The number of likely N-dealkylation sites (tertiary alicyclic amines) is 1. The molecule has 1 aromatic heterocycles. The first-order valence-corrected chi connectivity index (χ1v) is 8.13. The van der Waals surface area contributed by atoms with Crippen molar-refractivity contribution in [3.63, 3.8) is 0 Å². The molecule has 3 rings (SSSR count). The number of hydrogen-bond donors (Lipinski definition) is 1. The molecule has 23 heavy (non-hydrogen) atoms. The molecule has 2 aromatic rings. The van der Waals surface area contributed by atoms with Gasteiger partial charge < -0.3 is 14.5 Å². The summed E-state index contributed by atoms with van der Waals surface area (Å²) >= 11 is 0. The van der Waals surface area contributed by atoms with Crippen molar-refractivity contribution >= 4 is 0 Å². The molecular formula is C18H25N3O2. The van der Waals surface area contributed by atoms with Crippen LogP contribution in [0.1, 0.15) is 35.8 Å². The number of methoxy groups -OCH3 is 2. The molecule has 0 saturated carbocycles. The van der Waals surface area contributed by atoms with Gasteiger partial charge in [0.25, 0.3) is 0 Å². The van der Waals surface area contributed by atoms with Crippen LogP contribution in [0.4, 0.5) is 0 Å². The van der Waals surface area contributed by atoms with Crippen molar-refractivity contribution in [1.29, 1.82) is 0 Å². The van der Waals surface area contributed by atoms with Gasteiger partial charge >= 0.3 is 0 Å². The van der Waals surface area contributed by atoms with E-state index in [1.165, 1.54) is 18.4 Å². The van der Waals surface area contributed by atoms with Crippen molar-refractivity contribution in [2.24, 2.45) is 0 Å². The van der Waals surface area contributed by atoms with E-state index >= 15 is 0 Å². The van der Waals surface area contributed by atoms with E-state index in [9.17, 15) is 0 Å². The van der Waals surface area contributed by atoms with Gasteiger partial charge in [0.2, 0.25) is 0 Å². The summed E-state index contributed by atoms with van der Waals surface area (Å²) in [5.74, 6) is 3.30. The van der Waals surface area contributed by atoms with Crippen molar-refractivity contribution in [3.8, 4) is 11.5 Å². The van der Waals surface area contributed by atoms with Gasteiger partial charge in [-0.25, -0.2) is 4.98 Å². The Balaban J connectivity index is 1.70. The minimum absolute atomic E-state index is 0.491. The number of ether oxygens (including phenoxy) is 2. The molecule has 1 aliphatic heterocycles. The Labute approximate surface area is 137 Å². The number of piperidine rings is 1. The molecule has 2 heterocycles. The fourth-order valence-electron chi connectivity index (χ4n) is 3.28. The molecule has 1 atom stereocenters. The third-order valence-corrected chi connectivity index (χ3v) is 4.43. The van der Waals surface area contributed by atoms with Crippen LogP contribution in [0, 0.1) is 6.92 Å². The average Bonchev–Trinajstić information content (AvgIpc) is 3.01. The lowest BCUT2D eigenvalue weighted by atomic mass is 9.97. The summed E-state index contributed by atoms with van der Waals surface area (Å²) in [7, 11) is 3.38. The van der Waals surface area contributed by atoms with Crippen LogP contribution in [0.3, 0.4) is 0 Å². The first-order valence-electron chi connectivity index (χ1n) is 8.13. The number of nitrogens with one attached hydrogen (secondary N) is 1. The van der Waals surface area contributed by atoms with Crippen molar-refractivity contribution in [3.05, 3.63) is 41.5 Å². The number of aromatic nitrogens is 2. The van der Waals surface area contributed by atoms with Crippen LogP contribution in [-0.2, 0) is 6.54 Å². The summed E-state index contributed by atoms with van der Waals surface area (Å²) in [6, 6.07) is 6.08. The molecule has 124 valence electrons. The van der Waals surface area contributed by atoms with Crippen LogP contribution < -0.4 is 9.47 Å². The van der Waals surface area contributed by atoms with Crippen LogP contribution >= 0.6 is 0 Å². The first-order chi connectivity index (χ1) is 11.2. The molecule has 1 N–H and O–H groups in total. The van der Waals surface area contributed by atoms with E-state index in [2.05, 4.69) is 33.9 Å². The Kier molecular flexibility index (Phi) is 4.86. The van der Waals surface area contributed by atoms with Gasteiger partial charge in [0.1, 0.15) is 17.3 Å². The molecule has 0 radical (unpaired) electrons. The van der Waals surface area contributed by atoms with Crippen LogP contribution in [0.5, 0.6) is 11.5 Å². The molecule has 1 aliphatic rings. The van der Waals surface area contributed by atoms with Crippen LogP contribution in [-0.4, -0.2) is 42.2 Å². The van der Waals surface area contributed by atoms with E-state index in [0.717, 1.165) is 42.7 Å². The molecule has 1 fully saturated rings. The first kappa shape index (κ1) is 15.9. The van der Waals surface area contributed by atoms with Gasteiger partial charge in [0.15, 0.2) is 0 Å². The van der Waals surface area contributed by atoms with Crippen molar-refractivity contribution < 1.29 is 9.47 Å². The highest BCUT2D eigenvalue weighted by Crippen LogP contribution is 2.28. The lowest BCUT2D eigenvalue weighted by molar-refractivity contribution is 0.196. The molecule has 0 aliphatic carbocycles. The summed E-state index contributed by atoms with van der Waals surface area (Å²) in [6.45, 7) is 5.12. The normalized spacial score (nSPS) is 18.8. The molecule has 1 saturated heterocycles. The van der Waals surface area contributed by atoms with E-state index in [1.807, 2.05) is 12.3 Å². The third kappa shape index (κ3) is 3.85. The van der Waals surface area contributed by atoms with Crippen molar-refractivity contribution in [2.75, 3.05) is 27.3 Å². The minimum atomic E-state index is 0.491. The smallest absolute Gasteiger partial charge is 0.122 e. The second kappa shape index (κ2) is 7.04. The standard InChI is InChI=1S/C18H25N3O2/c1-13-10-19-18(20-13)15-5-4-6-21(12-15)11-14-7-16(22-2)9-17(8-14)23-3/h7-10,15H,4-6,11-12H2,1-3H3,(H,19,20)/t15-/m0/s1. The van der Waals surface area contributed by atoms with Gasteiger partial charge in [-0.1, -0.05) is 0 Å². The average molecular weight is 315 g/mol. The lowest BCUT2D eigenvalue weighted by Gasteiger charge is -2.32. The molecule has 1 aromatic carbocycles. The van der Waals surface area contributed by atoms with E-state index in [0.29, 0.717) is 5.92 Å².